The van der Waals surface area contributed by atoms with E-state index < -0.39 is 5.97 Å². The SMILES string of the molecule is CCOC(=O)c1cnn(Cc2ncc(C)c(OC)c2C)c1C#N. The highest BCUT2D eigenvalue weighted by molar-refractivity contribution is 5.91. The van der Waals surface area contributed by atoms with E-state index in [0.29, 0.717) is 0 Å². The lowest BCUT2D eigenvalue weighted by Gasteiger charge is -2.12. The van der Waals surface area contributed by atoms with E-state index in [0.717, 1.165) is 22.6 Å². The maximum absolute atomic E-state index is 11.8. The van der Waals surface area contributed by atoms with Gasteiger partial charge in [0.25, 0.3) is 0 Å². The van der Waals surface area contributed by atoms with E-state index >= 15 is 0 Å². The number of carbonyl (C=O) groups excluding carboxylic acids is 1. The molecule has 0 saturated heterocycles. The molecule has 0 fully saturated rings. The molecule has 0 aromatic carbocycles. The van der Waals surface area contributed by atoms with E-state index in [1.807, 2.05) is 19.9 Å². The van der Waals surface area contributed by atoms with Crippen LogP contribution in [0.25, 0.3) is 0 Å². The summed E-state index contributed by atoms with van der Waals surface area (Å²) in [6.07, 6.45) is 3.06. The number of carbonyl (C=O) groups is 1. The highest BCUT2D eigenvalue weighted by atomic mass is 16.5. The quantitative estimate of drug-likeness (QED) is 0.784. The van der Waals surface area contributed by atoms with Gasteiger partial charge in [-0.15, -0.1) is 0 Å². The number of methoxy groups -OCH3 is 1. The smallest absolute Gasteiger partial charge is 0.342 e. The van der Waals surface area contributed by atoms with Gasteiger partial charge in [0.05, 0.1) is 32.2 Å². The molecule has 0 radical (unpaired) electrons. The molecule has 0 aliphatic rings. The molecule has 2 heterocycles. The first kappa shape index (κ1) is 16.5. The van der Waals surface area contributed by atoms with Crippen molar-refractivity contribution in [1.82, 2.24) is 14.8 Å². The minimum atomic E-state index is -0.554. The van der Waals surface area contributed by atoms with Gasteiger partial charge in [-0.3, -0.25) is 4.98 Å². The number of rotatable bonds is 5. The summed E-state index contributed by atoms with van der Waals surface area (Å²) in [5, 5.41) is 13.5. The van der Waals surface area contributed by atoms with Gasteiger partial charge < -0.3 is 9.47 Å². The van der Waals surface area contributed by atoms with E-state index in [4.69, 9.17) is 9.47 Å². The van der Waals surface area contributed by atoms with Gasteiger partial charge in [0.2, 0.25) is 0 Å². The zero-order valence-electron chi connectivity index (χ0n) is 13.6. The fourth-order valence-corrected chi connectivity index (χ4v) is 2.35. The van der Waals surface area contributed by atoms with Gasteiger partial charge in [-0.1, -0.05) is 0 Å². The first-order chi connectivity index (χ1) is 11.0. The average molecular weight is 314 g/mol. The third-order valence-corrected chi connectivity index (χ3v) is 3.49. The van der Waals surface area contributed by atoms with Crippen LogP contribution in [0.15, 0.2) is 12.4 Å². The summed E-state index contributed by atoms with van der Waals surface area (Å²) in [6.45, 7) is 6.03. The van der Waals surface area contributed by atoms with E-state index in [-0.39, 0.29) is 24.4 Å². The summed E-state index contributed by atoms with van der Waals surface area (Å²) in [5.74, 6) is 0.202. The fourth-order valence-electron chi connectivity index (χ4n) is 2.35. The average Bonchev–Trinajstić information content (AvgIpc) is 2.93. The molecule has 0 aliphatic carbocycles. The van der Waals surface area contributed by atoms with Gasteiger partial charge >= 0.3 is 5.97 Å². The number of nitriles is 1. The Morgan fingerprint density at radius 2 is 2.13 bits per heavy atom. The third kappa shape index (κ3) is 3.16. The molecule has 0 N–H and O–H groups in total. The zero-order chi connectivity index (χ0) is 17.0. The molecule has 120 valence electrons. The Morgan fingerprint density at radius 1 is 1.39 bits per heavy atom. The van der Waals surface area contributed by atoms with Crippen molar-refractivity contribution < 1.29 is 14.3 Å². The number of aryl methyl sites for hydroxylation is 1. The molecule has 0 saturated carbocycles. The molecule has 0 amide bonds. The van der Waals surface area contributed by atoms with Gasteiger partial charge in [-0.05, 0) is 20.8 Å². The van der Waals surface area contributed by atoms with Crippen LogP contribution < -0.4 is 4.74 Å². The second kappa shape index (κ2) is 6.92. The second-order valence-electron chi connectivity index (χ2n) is 4.94. The van der Waals surface area contributed by atoms with Crippen LogP contribution in [-0.2, 0) is 11.3 Å². The summed E-state index contributed by atoms with van der Waals surface area (Å²) in [7, 11) is 1.60. The fraction of sp³-hybridized carbons (Fsp3) is 0.375. The zero-order valence-corrected chi connectivity index (χ0v) is 13.6. The van der Waals surface area contributed by atoms with Gasteiger partial charge in [0.1, 0.15) is 17.4 Å². The Balaban J connectivity index is 2.39. The van der Waals surface area contributed by atoms with E-state index in [1.54, 1.807) is 20.2 Å². The Labute approximate surface area is 134 Å². The summed E-state index contributed by atoms with van der Waals surface area (Å²) in [4.78, 5) is 16.2. The van der Waals surface area contributed by atoms with Crippen molar-refractivity contribution >= 4 is 5.97 Å². The van der Waals surface area contributed by atoms with Crippen LogP contribution in [0.2, 0.25) is 0 Å². The Kier molecular flexibility index (Phi) is 4.96. The minimum Gasteiger partial charge on any atom is -0.496 e. The molecule has 2 aromatic rings. The van der Waals surface area contributed by atoms with Crippen molar-refractivity contribution in [3.63, 3.8) is 0 Å². The van der Waals surface area contributed by atoms with Crippen molar-refractivity contribution in [2.75, 3.05) is 13.7 Å². The largest absolute Gasteiger partial charge is 0.496 e. The molecule has 0 bridgehead atoms. The topological polar surface area (TPSA) is 90.0 Å². The Bertz CT molecular complexity index is 774. The van der Waals surface area contributed by atoms with Crippen LogP contribution in [-0.4, -0.2) is 34.5 Å². The molecule has 2 aromatic heterocycles. The van der Waals surface area contributed by atoms with Gasteiger partial charge in [0.15, 0.2) is 5.69 Å². The predicted molar refractivity (Wildman–Crippen MR) is 82.3 cm³/mol. The lowest BCUT2D eigenvalue weighted by molar-refractivity contribution is 0.0526. The van der Waals surface area contributed by atoms with Crippen molar-refractivity contribution in [3.05, 3.63) is 40.5 Å². The number of hydrogen-bond acceptors (Lipinski definition) is 6. The Morgan fingerprint density at radius 3 is 2.74 bits per heavy atom. The summed E-state index contributed by atoms with van der Waals surface area (Å²) < 4.78 is 11.7. The lowest BCUT2D eigenvalue weighted by atomic mass is 10.1. The van der Waals surface area contributed by atoms with Crippen LogP contribution in [0.4, 0.5) is 0 Å². The molecular weight excluding hydrogens is 296 g/mol. The van der Waals surface area contributed by atoms with Crippen molar-refractivity contribution in [2.45, 2.75) is 27.3 Å². The number of pyridine rings is 1. The molecule has 0 aliphatic heterocycles. The van der Waals surface area contributed by atoms with Crippen LogP contribution in [0.3, 0.4) is 0 Å². The molecule has 2 rings (SSSR count). The van der Waals surface area contributed by atoms with Crippen molar-refractivity contribution in [3.8, 4) is 11.8 Å². The van der Waals surface area contributed by atoms with E-state index in [9.17, 15) is 10.1 Å². The molecule has 7 nitrogen and oxygen atoms in total. The number of nitrogens with zero attached hydrogens (tertiary/aromatic N) is 4. The Hall–Kier alpha value is -2.88. The summed E-state index contributed by atoms with van der Waals surface area (Å²) >= 11 is 0. The predicted octanol–water partition coefficient (Wildman–Crippen LogP) is 2.00. The maximum Gasteiger partial charge on any atom is 0.342 e. The van der Waals surface area contributed by atoms with Crippen LogP contribution in [0.1, 0.15) is 39.8 Å². The maximum atomic E-state index is 11.8. The number of hydrogen-bond donors (Lipinski definition) is 0. The molecular formula is C16H18N4O3. The standard InChI is InChI=1S/C16H18N4O3/c1-5-23-16(21)12-8-19-20(14(12)6-17)9-13-11(3)15(22-4)10(2)7-18-13/h7-8H,5,9H2,1-4H3. The lowest BCUT2D eigenvalue weighted by Crippen LogP contribution is -2.11. The third-order valence-electron chi connectivity index (χ3n) is 3.49. The van der Waals surface area contributed by atoms with Crippen LogP contribution in [0, 0.1) is 25.2 Å². The van der Waals surface area contributed by atoms with Gasteiger partial charge in [-0.2, -0.15) is 10.4 Å². The number of esters is 1. The molecule has 0 spiro atoms. The van der Waals surface area contributed by atoms with E-state index in [2.05, 4.69) is 10.1 Å². The molecule has 0 atom stereocenters. The van der Waals surface area contributed by atoms with Crippen LogP contribution >= 0.6 is 0 Å². The molecule has 7 heteroatoms. The van der Waals surface area contributed by atoms with Gasteiger partial charge in [-0.25, -0.2) is 9.48 Å². The highest BCUT2D eigenvalue weighted by Gasteiger charge is 2.20. The molecule has 0 unspecified atom stereocenters. The minimum absolute atomic E-state index is 0.157. The van der Waals surface area contributed by atoms with E-state index in [1.165, 1.54) is 10.9 Å². The number of aromatic nitrogens is 3. The summed E-state index contributed by atoms with van der Waals surface area (Å²) in [6, 6.07) is 2.00. The second-order valence-corrected chi connectivity index (χ2v) is 4.94. The van der Waals surface area contributed by atoms with Crippen molar-refractivity contribution in [1.29, 1.82) is 5.26 Å². The van der Waals surface area contributed by atoms with Crippen LogP contribution in [0.5, 0.6) is 5.75 Å². The molecule has 23 heavy (non-hydrogen) atoms. The highest BCUT2D eigenvalue weighted by Crippen LogP contribution is 2.24. The van der Waals surface area contributed by atoms with Gasteiger partial charge in [0, 0.05) is 17.3 Å². The monoisotopic (exact) mass is 314 g/mol. The van der Waals surface area contributed by atoms with Crippen molar-refractivity contribution in [2.24, 2.45) is 0 Å². The normalized spacial score (nSPS) is 10.2. The first-order valence-electron chi connectivity index (χ1n) is 7.15. The first-order valence-corrected chi connectivity index (χ1v) is 7.15. The number of ether oxygens (including phenoxy) is 2. The summed E-state index contributed by atoms with van der Waals surface area (Å²) in [5.41, 5.74) is 2.85.